The average Bonchev–Trinajstić information content (AvgIpc) is 2.42. The summed E-state index contributed by atoms with van der Waals surface area (Å²) in [4.78, 5) is 2.15. The molecule has 0 unspecified atom stereocenters. The van der Waals surface area contributed by atoms with E-state index in [1.165, 1.54) is 17.2 Å². The lowest BCUT2D eigenvalue weighted by atomic mass is 10.1. The van der Waals surface area contributed by atoms with Crippen LogP contribution in [0.2, 0.25) is 0 Å². The Morgan fingerprint density at radius 2 is 1.95 bits per heavy atom. The highest BCUT2D eigenvalue weighted by Crippen LogP contribution is 2.29. The molecule has 1 aliphatic heterocycles. The van der Waals surface area contributed by atoms with Crippen molar-refractivity contribution < 1.29 is 14.9 Å². The van der Waals surface area contributed by atoms with Crippen molar-refractivity contribution in [2.75, 3.05) is 6.73 Å². The summed E-state index contributed by atoms with van der Waals surface area (Å²) < 4.78 is 5.73. The normalized spacial score (nSPS) is 14.7. The van der Waals surface area contributed by atoms with E-state index in [1.807, 2.05) is 12.1 Å². The van der Waals surface area contributed by atoms with Crippen LogP contribution < -0.4 is 4.74 Å². The number of aromatic hydroxyl groups is 2. The zero-order valence-electron chi connectivity index (χ0n) is 11.3. The zero-order valence-corrected chi connectivity index (χ0v) is 11.3. The number of phenols is 2. The van der Waals surface area contributed by atoms with E-state index in [0.717, 1.165) is 17.9 Å². The van der Waals surface area contributed by atoms with Crippen LogP contribution in [0.1, 0.15) is 16.7 Å². The van der Waals surface area contributed by atoms with Crippen LogP contribution >= 0.6 is 0 Å². The topological polar surface area (TPSA) is 52.9 Å². The summed E-state index contributed by atoms with van der Waals surface area (Å²) in [5.74, 6) is 0.765. The summed E-state index contributed by atoms with van der Waals surface area (Å²) in [7, 11) is 0. The molecule has 4 heteroatoms. The van der Waals surface area contributed by atoms with Gasteiger partial charge >= 0.3 is 0 Å². The number of hydrogen-bond donors (Lipinski definition) is 2. The largest absolute Gasteiger partial charge is 0.504 e. The van der Waals surface area contributed by atoms with Gasteiger partial charge in [-0.25, -0.2) is 0 Å². The number of rotatable bonds is 2. The van der Waals surface area contributed by atoms with E-state index in [9.17, 15) is 10.2 Å². The third-order valence-corrected chi connectivity index (χ3v) is 3.46. The standard InChI is InChI=1S/C16H17NO3/c1-11-2-5-16-13(6-11)9-17(10-20-16)8-12-3-4-14(18)15(19)7-12/h2-7,18-19H,8-10H2,1H3. The summed E-state index contributed by atoms with van der Waals surface area (Å²) >= 11 is 0. The molecule has 0 aliphatic carbocycles. The Morgan fingerprint density at radius 3 is 2.75 bits per heavy atom. The van der Waals surface area contributed by atoms with Crippen LogP contribution in [0.5, 0.6) is 17.2 Å². The second-order valence-corrected chi connectivity index (χ2v) is 5.19. The van der Waals surface area contributed by atoms with Gasteiger partial charge in [0.15, 0.2) is 11.5 Å². The second kappa shape index (κ2) is 5.06. The van der Waals surface area contributed by atoms with Crippen LogP contribution in [-0.2, 0) is 13.1 Å². The molecule has 20 heavy (non-hydrogen) atoms. The lowest BCUT2D eigenvalue weighted by Gasteiger charge is -2.29. The Hall–Kier alpha value is -2.20. The Labute approximate surface area is 117 Å². The number of aryl methyl sites for hydroxylation is 1. The molecule has 1 aliphatic rings. The predicted octanol–water partition coefficient (Wildman–Crippen LogP) is 2.76. The van der Waals surface area contributed by atoms with Gasteiger partial charge < -0.3 is 14.9 Å². The minimum atomic E-state index is -0.0929. The van der Waals surface area contributed by atoms with E-state index in [0.29, 0.717) is 13.3 Å². The molecule has 0 spiro atoms. The Kier molecular flexibility index (Phi) is 3.24. The fourth-order valence-corrected chi connectivity index (χ4v) is 2.45. The maximum absolute atomic E-state index is 9.52. The molecule has 0 radical (unpaired) electrons. The van der Waals surface area contributed by atoms with Crippen LogP contribution in [-0.4, -0.2) is 21.8 Å². The number of benzene rings is 2. The average molecular weight is 271 g/mol. The Morgan fingerprint density at radius 1 is 1.10 bits per heavy atom. The van der Waals surface area contributed by atoms with Gasteiger partial charge in [0.2, 0.25) is 0 Å². The molecular weight excluding hydrogens is 254 g/mol. The molecule has 1 heterocycles. The number of phenolic OH excluding ortho intramolecular Hbond substituents is 2. The molecule has 4 nitrogen and oxygen atoms in total. The monoisotopic (exact) mass is 271 g/mol. The van der Waals surface area contributed by atoms with Crippen LogP contribution in [0.3, 0.4) is 0 Å². The first-order valence-electron chi connectivity index (χ1n) is 6.57. The van der Waals surface area contributed by atoms with Gasteiger partial charge in [-0.2, -0.15) is 0 Å². The van der Waals surface area contributed by atoms with E-state index in [-0.39, 0.29) is 11.5 Å². The lowest BCUT2D eigenvalue weighted by Crippen LogP contribution is -2.31. The molecule has 0 fully saturated rings. The molecule has 2 aromatic rings. The number of ether oxygens (including phenoxy) is 1. The molecule has 104 valence electrons. The molecule has 0 amide bonds. The predicted molar refractivity (Wildman–Crippen MR) is 75.7 cm³/mol. The first kappa shape index (κ1) is 12.8. The van der Waals surface area contributed by atoms with E-state index in [4.69, 9.17) is 4.74 Å². The van der Waals surface area contributed by atoms with Crippen molar-refractivity contribution in [1.29, 1.82) is 0 Å². The molecule has 0 aromatic heterocycles. The van der Waals surface area contributed by atoms with Gasteiger partial charge in [-0.15, -0.1) is 0 Å². The fraction of sp³-hybridized carbons (Fsp3) is 0.250. The SMILES string of the molecule is Cc1ccc2c(c1)CN(Cc1ccc(O)c(O)c1)CO2. The minimum Gasteiger partial charge on any atom is -0.504 e. The molecule has 3 rings (SSSR count). The van der Waals surface area contributed by atoms with E-state index < -0.39 is 0 Å². The summed E-state index contributed by atoms with van der Waals surface area (Å²) in [5, 5.41) is 18.8. The summed E-state index contributed by atoms with van der Waals surface area (Å²) in [6, 6.07) is 11.1. The van der Waals surface area contributed by atoms with Gasteiger partial charge in [-0.3, -0.25) is 4.90 Å². The maximum Gasteiger partial charge on any atom is 0.157 e. The third kappa shape index (κ3) is 2.56. The zero-order chi connectivity index (χ0) is 14.1. The van der Waals surface area contributed by atoms with Crippen molar-refractivity contribution in [2.24, 2.45) is 0 Å². The van der Waals surface area contributed by atoms with E-state index in [2.05, 4.69) is 17.9 Å². The fourth-order valence-electron chi connectivity index (χ4n) is 2.45. The highest BCUT2D eigenvalue weighted by molar-refractivity contribution is 5.41. The molecule has 2 aromatic carbocycles. The van der Waals surface area contributed by atoms with Crippen molar-refractivity contribution in [2.45, 2.75) is 20.0 Å². The molecule has 0 bridgehead atoms. The van der Waals surface area contributed by atoms with Gasteiger partial charge in [0.25, 0.3) is 0 Å². The van der Waals surface area contributed by atoms with Gasteiger partial charge in [0, 0.05) is 18.7 Å². The van der Waals surface area contributed by atoms with Gasteiger partial charge in [-0.05, 0) is 30.7 Å². The number of nitrogens with zero attached hydrogens (tertiary/aromatic N) is 1. The lowest BCUT2D eigenvalue weighted by molar-refractivity contribution is 0.0886. The highest BCUT2D eigenvalue weighted by atomic mass is 16.5. The Balaban J connectivity index is 1.75. The smallest absolute Gasteiger partial charge is 0.157 e. The van der Waals surface area contributed by atoms with Crippen molar-refractivity contribution in [3.8, 4) is 17.2 Å². The van der Waals surface area contributed by atoms with Crippen molar-refractivity contribution >= 4 is 0 Å². The molecule has 0 atom stereocenters. The van der Waals surface area contributed by atoms with E-state index >= 15 is 0 Å². The van der Waals surface area contributed by atoms with Crippen molar-refractivity contribution in [3.63, 3.8) is 0 Å². The summed E-state index contributed by atoms with van der Waals surface area (Å²) in [5.41, 5.74) is 3.34. The Bertz CT molecular complexity index is 640. The highest BCUT2D eigenvalue weighted by Gasteiger charge is 2.17. The molecular formula is C16H17NO3. The first-order chi connectivity index (χ1) is 9.61. The van der Waals surface area contributed by atoms with Crippen LogP contribution in [0, 0.1) is 6.92 Å². The molecule has 0 saturated heterocycles. The summed E-state index contributed by atoms with van der Waals surface area (Å²) in [6.07, 6.45) is 0. The molecule has 2 N–H and O–H groups in total. The van der Waals surface area contributed by atoms with Crippen LogP contribution in [0.25, 0.3) is 0 Å². The quantitative estimate of drug-likeness (QED) is 0.825. The third-order valence-electron chi connectivity index (χ3n) is 3.46. The van der Waals surface area contributed by atoms with Gasteiger partial charge in [0.05, 0.1) is 0 Å². The minimum absolute atomic E-state index is 0.0864. The van der Waals surface area contributed by atoms with Gasteiger partial charge in [-0.1, -0.05) is 23.8 Å². The van der Waals surface area contributed by atoms with E-state index in [1.54, 1.807) is 12.1 Å². The van der Waals surface area contributed by atoms with Crippen LogP contribution in [0.15, 0.2) is 36.4 Å². The molecule has 0 saturated carbocycles. The maximum atomic E-state index is 9.52. The van der Waals surface area contributed by atoms with Gasteiger partial charge in [0.1, 0.15) is 12.5 Å². The summed E-state index contributed by atoms with van der Waals surface area (Å²) in [6.45, 7) is 4.08. The van der Waals surface area contributed by atoms with Crippen LogP contribution in [0.4, 0.5) is 0 Å². The number of fused-ring (bicyclic) bond motifs is 1. The number of hydrogen-bond acceptors (Lipinski definition) is 4. The first-order valence-corrected chi connectivity index (χ1v) is 6.57. The van der Waals surface area contributed by atoms with Crippen molar-refractivity contribution in [1.82, 2.24) is 4.90 Å². The van der Waals surface area contributed by atoms with Crippen molar-refractivity contribution in [3.05, 3.63) is 53.1 Å². The second-order valence-electron chi connectivity index (χ2n) is 5.19.